The molecule has 2 N–H and O–H groups in total. The summed E-state index contributed by atoms with van der Waals surface area (Å²) in [6.07, 6.45) is 0. The first kappa shape index (κ1) is 22.1. The van der Waals surface area contributed by atoms with Crippen molar-refractivity contribution in [1.29, 1.82) is 0 Å². The van der Waals surface area contributed by atoms with Crippen molar-refractivity contribution in [3.05, 3.63) is 101 Å². The van der Waals surface area contributed by atoms with Crippen molar-refractivity contribution in [2.75, 3.05) is 0 Å². The van der Waals surface area contributed by atoms with Crippen LogP contribution < -0.4 is 9.88 Å². The van der Waals surface area contributed by atoms with E-state index in [1.807, 2.05) is 23.6 Å². The van der Waals surface area contributed by atoms with Crippen molar-refractivity contribution in [2.24, 2.45) is 5.14 Å². The number of aryl methyl sites for hydroxylation is 1. The average Bonchev–Trinajstić information content (AvgIpc) is 3.13. The number of nitrogens with zero attached hydrogens (tertiary/aromatic N) is 1. The molecule has 4 aromatic rings. The van der Waals surface area contributed by atoms with Gasteiger partial charge in [-0.15, -0.1) is 0 Å². The lowest BCUT2D eigenvalue weighted by Gasteiger charge is -2.17. The molecule has 1 heterocycles. The molecule has 0 unspecified atom stereocenters. The number of nitrogens with two attached hydrogens (primary N) is 1. The Morgan fingerprint density at radius 1 is 1.00 bits per heavy atom. The molecule has 0 atom stereocenters. The summed E-state index contributed by atoms with van der Waals surface area (Å²) in [4.78, 5) is 0.0148. The zero-order valence-corrected chi connectivity index (χ0v) is 18.7. The molecule has 164 valence electrons. The first-order valence-electron chi connectivity index (χ1n) is 9.72. The monoisotopic (exact) mass is 470 g/mol. The summed E-state index contributed by atoms with van der Waals surface area (Å²) in [5, 5.41) is 5.79. The Kier molecular flexibility index (Phi) is 6.06. The topological polar surface area (TPSA) is 74.3 Å². The fourth-order valence-corrected chi connectivity index (χ4v) is 4.31. The molecule has 0 spiro atoms. The van der Waals surface area contributed by atoms with Gasteiger partial charge in [0.15, 0.2) is 0 Å². The highest BCUT2D eigenvalue weighted by molar-refractivity contribution is 7.89. The lowest BCUT2D eigenvalue weighted by Crippen LogP contribution is -2.12. The molecule has 0 aliphatic carbocycles. The third-order valence-corrected chi connectivity index (χ3v) is 6.25. The minimum atomic E-state index is -3.86. The predicted molar refractivity (Wildman–Crippen MR) is 123 cm³/mol. The van der Waals surface area contributed by atoms with Gasteiger partial charge in [-0.1, -0.05) is 35.9 Å². The second-order valence-electron chi connectivity index (χ2n) is 7.27. The number of hydrogen-bond acceptors (Lipinski definition) is 3. The van der Waals surface area contributed by atoms with Gasteiger partial charge in [0.2, 0.25) is 10.0 Å². The lowest BCUT2D eigenvalue weighted by molar-refractivity contribution is 0.307. The van der Waals surface area contributed by atoms with E-state index in [0.29, 0.717) is 22.0 Å². The minimum Gasteiger partial charge on any atom is -0.488 e. The van der Waals surface area contributed by atoms with Crippen LogP contribution in [0.25, 0.3) is 16.9 Å². The van der Waals surface area contributed by atoms with E-state index in [2.05, 4.69) is 0 Å². The molecular weight excluding hydrogens is 451 g/mol. The molecule has 0 saturated heterocycles. The SMILES string of the molecule is Cc1ccc(-c2c(Cl)cccc2OCc2ccc(F)cc2)n1-c1cccc(S(N)(=O)=O)c1. The highest BCUT2D eigenvalue weighted by atomic mass is 35.5. The summed E-state index contributed by atoms with van der Waals surface area (Å²) in [5.41, 5.74) is 3.69. The maximum atomic E-state index is 13.2. The Balaban J connectivity index is 1.78. The zero-order valence-electron chi connectivity index (χ0n) is 17.1. The van der Waals surface area contributed by atoms with Crippen LogP contribution in [0.5, 0.6) is 5.75 Å². The van der Waals surface area contributed by atoms with Gasteiger partial charge in [0, 0.05) is 11.4 Å². The van der Waals surface area contributed by atoms with Crippen LogP contribution in [-0.2, 0) is 16.6 Å². The minimum absolute atomic E-state index is 0.0148. The number of primary sulfonamides is 1. The number of benzene rings is 3. The van der Waals surface area contributed by atoms with Gasteiger partial charge in [-0.05, 0) is 67.1 Å². The molecule has 32 heavy (non-hydrogen) atoms. The molecule has 5 nitrogen and oxygen atoms in total. The van der Waals surface area contributed by atoms with E-state index in [-0.39, 0.29) is 17.3 Å². The van der Waals surface area contributed by atoms with Crippen LogP contribution >= 0.6 is 11.6 Å². The van der Waals surface area contributed by atoms with Crippen molar-refractivity contribution in [3.8, 4) is 22.7 Å². The van der Waals surface area contributed by atoms with Crippen LogP contribution in [-0.4, -0.2) is 13.0 Å². The van der Waals surface area contributed by atoms with E-state index in [9.17, 15) is 12.8 Å². The molecule has 8 heteroatoms. The van der Waals surface area contributed by atoms with Gasteiger partial charge in [0.05, 0.1) is 21.2 Å². The number of sulfonamides is 1. The number of hydrogen-bond donors (Lipinski definition) is 1. The molecule has 0 bridgehead atoms. The van der Waals surface area contributed by atoms with E-state index in [1.165, 1.54) is 24.3 Å². The number of rotatable bonds is 6. The van der Waals surface area contributed by atoms with Crippen molar-refractivity contribution in [3.63, 3.8) is 0 Å². The van der Waals surface area contributed by atoms with Gasteiger partial charge in [0.1, 0.15) is 18.2 Å². The first-order valence-corrected chi connectivity index (χ1v) is 11.6. The van der Waals surface area contributed by atoms with Crippen LogP contribution in [0, 0.1) is 12.7 Å². The van der Waals surface area contributed by atoms with E-state index in [1.54, 1.807) is 42.5 Å². The van der Waals surface area contributed by atoms with Crippen molar-refractivity contribution in [2.45, 2.75) is 18.4 Å². The van der Waals surface area contributed by atoms with E-state index in [4.69, 9.17) is 21.5 Å². The summed E-state index contributed by atoms with van der Waals surface area (Å²) in [6.45, 7) is 2.14. The lowest BCUT2D eigenvalue weighted by atomic mass is 10.1. The second kappa shape index (κ2) is 8.78. The average molecular weight is 471 g/mol. The Labute approximate surface area is 190 Å². The maximum Gasteiger partial charge on any atom is 0.238 e. The van der Waals surface area contributed by atoms with E-state index in [0.717, 1.165) is 17.0 Å². The molecule has 0 fully saturated rings. The normalized spacial score (nSPS) is 11.5. The molecule has 0 saturated carbocycles. The molecule has 0 aliphatic heterocycles. The smallest absolute Gasteiger partial charge is 0.238 e. The molecule has 0 amide bonds. The van der Waals surface area contributed by atoms with Crippen molar-refractivity contribution in [1.82, 2.24) is 4.57 Å². The standard InChI is InChI=1S/C24H20ClFN2O3S/c1-16-8-13-22(28(16)19-4-2-5-20(14-19)32(27,29)30)24-21(25)6-3-7-23(24)31-15-17-9-11-18(26)12-10-17/h2-14H,15H2,1H3,(H2,27,29,30). The zero-order chi connectivity index (χ0) is 22.9. The maximum absolute atomic E-state index is 13.2. The molecule has 0 radical (unpaired) electrons. The quantitative estimate of drug-likeness (QED) is 0.406. The van der Waals surface area contributed by atoms with Crippen molar-refractivity contribution < 1.29 is 17.5 Å². The summed E-state index contributed by atoms with van der Waals surface area (Å²) in [5.74, 6) is 0.232. The van der Waals surface area contributed by atoms with E-state index >= 15 is 0 Å². The fraction of sp³-hybridized carbons (Fsp3) is 0.0833. The molecular formula is C24H20ClFN2O3S. The molecule has 3 aromatic carbocycles. The Hall–Kier alpha value is -3.13. The summed E-state index contributed by atoms with van der Waals surface area (Å²) >= 11 is 6.58. The summed E-state index contributed by atoms with van der Waals surface area (Å²) in [7, 11) is -3.86. The van der Waals surface area contributed by atoms with Gasteiger partial charge in [-0.25, -0.2) is 17.9 Å². The largest absolute Gasteiger partial charge is 0.488 e. The predicted octanol–water partition coefficient (Wildman–Crippen LogP) is 5.47. The van der Waals surface area contributed by atoms with Crippen LogP contribution in [0.15, 0.2) is 83.8 Å². The number of ether oxygens (including phenoxy) is 1. The first-order chi connectivity index (χ1) is 15.2. The van der Waals surface area contributed by atoms with Crippen LogP contribution in [0.1, 0.15) is 11.3 Å². The van der Waals surface area contributed by atoms with Gasteiger partial charge >= 0.3 is 0 Å². The number of aromatic nitrogens is 1. The fourth-order valence-electron chi connectivity index (χ4n) is 3.49. The molecule has 4 rings (SSSR count). The van der Waals surface area contributed by atoms with Crippen LogP contribution in [0.3, 0.4) is 0 Å². The van der Waals surface area contributed by atoms with Gasteiger partial charge in [0.25, 0.3) is 0 Å². The third-order valence-electron chi connectivity index (χ3n) is 5.02. The third kappa shape index (κ3) is 4.55. The molecule has 0 aliphatic rings. The van der Waals surface area contributed by atoms with Gasteiger partial charge in [-0.3, -0.25) is 0 Å². The van der Waals surface area contributed by atoms with E-state index < -0.39 is 10.0 Å². The number of halogens is 2. The summed E-state index contributed by atoms with van der Waals surface area (Å²) in [6, 6.07) is 21.6. The highest BCUT2D eigenvalue weighted by Crippen LogP contribution is 2.39. The second-order valence-corrected chi connectivity index (χ2v) is 9.23. The van der Waals surface area contributed by atoms with Gasteiger partial charge < -0.3 is 9.30 Å². The van der Waals surface area contributed by atoms with Crippen molar-refractivity contribution >= 4 is 21.6 Å². The Bertz CT molecular complexity index is 1380. The highest BCUT2D eigenvalue weighted by Gasteiger charge is 2.18. The van der Waals surface area contributed by atoms with Crippen LogP contribution in [0.4, 0.5) is 4.39 Å². The molecule has 1 aromatic heterocycles. The Morgan fingerprint density at radius 2 is 1.72 bits per heavy atom. The summed E-state index contributed by atoms with van der Waals surface area (Å²) < 4.78 is 44.8. The van der Waals surface area contributed by atoms with Crippen LogP contribution in [0.2, 0.25) is 5.02 Å². The van der Waals surface area contributed by atoms with Gasteiger partial charge in [-0.2, -0.15) is 0 Å². The Morgan fingerprint density at radius 3 is 2.44 bits per heavy atom.